The number of carbonyl (C=O) groups is 4. The number of aromatic nitrogens is 3. The molecule has 7 atom stereocenters. The van der Waals surface area contributed by atoms with Gasteiger partial charge in [-0.05, 0) is 125 Å². The highest BCUT2D eigenvalue weighted by Gasteiger charge is 2.44. The highest BCUT2D eigenvalue weighted by Crippen LogP contribution is 2.50. The fraction of sp³-hybridized carbons (Fsp3) is 0.519. The molecule has 7 unspecified atom stereocenters. The molecule has 6 aliphatic rings. The molecule has 2 aromatic carbocycles. The van der Waals surface area contributed by atoms with Gasteiger partial charge in [-0.3, -0.25) is 24.5 Å². The molecule has 5 aromatic rings. The highest BCUT2D eigenvalue weighted by molar-refractivity contribution is 7.12. The van der Waals surface area contributed by atoms with E-state index < -0.39 is 48.1 Å². The molecule has 73 heavy (non-hydrogen) atoms. The van der Waals surface area contributed by atoms with Crippen LogP contribution in [0.3, 0.4) is 0 Å². The van der Waals surface area contributed by atoms with Crippen LogP contribution >= 0.6 is 11.3 Å². The van der Waals surface area contributed by atoms with E-state index in [1.54, 1.807) is 17.5 Å². The number of hydrogen-bond acceptors (Lipinski definition) is 12. The number of thiophene rings is 1. The molecule has 3 saturated heterocycles. The van der Waals surface area contributed by atoms with Crippen molar-refractivity contribution in [2.75, 3.05) is 40.5 Å². The van der Waals surface area contributed by atoms with Crippen molar-refractivity contribution in [2.45, 2.75) is 127 Å². The van der Waals surface area contributed by atoms with Crippen LogP contribution in [0, 0.1) is 17.7 Å². The van der Waals surface area contributed by atoms with Gasteiger partial charge in [0.1, 0.15) is 35.6 Å². The molecule has 17 nitrogen and oxygen atoms in total. The first kappa shape index (κ1) is 48.9. The molecule has 386 valence electrons. The summed E-state index contributed by atoms with van der Waals surface area (Å²) in [5.41, 5.74) is 4.45. The van der Waals surface area contributed by atoms with Crippen LogP contribution in [-0.4, -0.2) is 124 Å². The minimum absolute atomic E-state index is 0.125. The van der Waals surface area contributed by atoms with Crippen molar-refractivity contribution in [3.8, 4) is 28.3 Å². The Morgan fingerprint density at radius 1 is 0.890 bits per heavy atom. The van der Waals surface area contributed by atoms with Crippen molar-refractivity contribution in [3.63, 3.8) is 0 Å². The van der Waals surface area contributed by atoms with Crippen LogP contribution in [0.2, 0.25) is 0 Å². The van der Waals surface area contributed by atoms with E-state index in [4.69, 9.17) is 28.9 Å². The zero-order valence-corrected chi connectivity index (χ0v) is 43.0. The number of H-pyrrole nitrogens is 1. The molecule has 4 N–H and O–H groups in total. The molecule has 8 heterocycles. The largest absolute Gasteiger partial charge is 0.464 e. The van der Waals surface area contributed by atoms with E-state index in [9.17, 15) is 19.2 Å². The zero-order valence-electron chi connectivity index (χ0n) is 42.2. The van der Waals surface area contributed by atoms with E-state index in [0.717, 1.165) is 46.3 Å². The van der Waals surface area contributed by atoms with Crippen molar-refractivity contribution in [1.29, 1.82) is 0 Å². The molecule has 1 aliphatic carbocycles. The smallest absolute Gasteiger partial charge is 0.407 e. The summed E-state index contributed by atoms with van der Waals surface area (Å²) in [5.74, 6) is 0.593. The third kappa shape index (κ3) is 9.36. The topological polar surface area (TPSA) is 194 Å². The van der Waals surface area contributed by atoms with Gasteiger partial charge >= 0.3 is 12.2 Å². The first-order valence-corrected chi connectivity index (χ1v) is 26.5. The standard InChI is InChI=1S/C54H64FN9O8S/c1-28(2)45(60-52(67)69-5)49(65)62-18-7-9-38(62)48-57-27-36(59-48)32-22-34(55)44-40-23-33-21-30(13-14-37(33)64(40)51(72-41(44)24-32)43-16-15-42(73-43)29-11-12-29)35-26-56-47(58-35)39-10-8-19-63(39)50(66)46(61-53(68)70-6)31-17-20-71-54(3,4)25-31/h13-16,21-24,26,28-29,31,38-39,45-46,48,51,57H,7-12,17-20,25,27H2,1-6H3,(H,56,58)(H,60,67)(H,61,68). The van der Waals surface area contributed by atoms with Crippen LogP contribution in [0.5, 0.6) is 5.75 Å². The van der Waals surface area contributed by atoms with Crippen LogP contribution in [0.25, 0.3) is 33.4 Å². The maximum Gasteiger partial charge on any atom is 0.407 e. The van der Waals surface area contributed by atoms with E-state index in [-0.39, 0.29) is 35.7 Å². The van der Waals surface area contributed by atoms with Gasteiger partial charge in [-0.2, -0.15) is 0 Å². The predicted octanol–water partition coefficient (Wildman–Crippen LogP) is 8.40. The van der Waals surface area contributed by atoms with E-state index >= 15 is 4.39 Å². The number of ether oxygens (including phenoxy) is 4. The summed E-state index contributed by atoms with van der Waals surface area (Å²) in [6, 6.07) is 13.9. The van der Waals surface area contributed by atoms with E-state index in [2.05, 4.69) is 43.7 Å². The maximum atomic E-state index is 17.0. The molecule has 11 rings (SSSR count). The van der Waals surface area contributed by atoms with Crippen molar-refractivity contribution < 1.29 is 42.5 Å². The van der Waals surface area contributed by atoms with Gasteiger partial charge < -0.3 is 44.4 Å². The number of imidazole rings is 1. The van der Waals surface area contributed by atoms with Crippen molar-refractivity contribution in [1.82, 2.24) is 40.3 Å². The van der Waals surface area contributed by atoms with E-state index in [1.807, 2.05) is 61.8 Å². The van der Waals surface area contributed by atoms with E-state index in [1.165, 1.54) is 38.0 Å². The molecule has 3 aromatic heterocycles. The number of rotatable bonds is 12. The molecule has 4 fully saturated rings. The number of fused-ring (bicyclic) bond motifs is 5. The summed E-state index contributed by atoms with van der Waals surface area (Å²) in [5, 5.41) is 9.96. The van der Waals surface area contributed by atoms with Gasteiger partial charge in [0.2, 0.25) is 18.0 Å². The lowest BCUT2D eigenvalue weighted by Gasteiger charge is -2.40. The summed E-state index contributed by atoms with van der Waals surface area (Å²) in [7, 11) is 2.58. The average molecular weight is 1020 g/mol. The number of carbonyl (C=O) groups excluding carboxylic acids is 4. The Bertz CT molecular complexity index is 3000. The number of amides is 4. The van der Waals surface area contributed by atoms with Gasteiger partial charge in [0.25, 0.3) is 0 Å². The fourth-order valence-corrected chi connectivity index (χ4v) is 13.0. The van der Waals surface area contributed by atoms with Crippen LogP contribution in [0.15, 0.2) is 59.7 Å². The number of likely N-dealkylation sites (tertiary alicyclic amines) is 2. The van der Waals surface area contributed by atoms with Crippen molar-refractivity contribution >= 4 is 52.0 Å². The quantitative estimate of drug-likeness (QED) is 0.0943. The second kappa shape index (κ2) is 19.5. The number of hydrogen-bond donors (Lipinski definition) is 4. The number of halogens is 1. The normalized spacial score (nSPS) is 24.2. The van der Waals surface area contributed by atoms with Gasteiger partial charge in [-0.1, -0.05) is 19.9 Å². The lowest BCUT2D eigenvalue weighted by Crippen LogP contribution is -2.55. The average Bonchev–Trinajstić information content (AvgIpc) is 4.10. The number of nitrogens with one attached hydrogen (secondary N) is 4. The Morgan fingerprint density at radius 2 is 1.66 bits per heavy atom. The van der Waals surface area contributed by atoms with Gasteiger partial charge in [0, 0.05) is 47.6 Å². The molecule has 0 radical (unpaired) electrons. The summed E-state index contributed by atoms with van der Waals surface area (Å²) >= 11 is 1.74. The second-order valence-electron chi connectivity index (χ2n) is 21.3. The Balaban J connectivity index is 0.885. The number of alkyl carbamates (subject to hydrolysis) is 2. The number of nitrogens with zero attached hydrogens (tertiary/aromatic N) is 5. The molecule has 1 saturated carbocycles. The third-order valence-electron chi connectivity index (χ3n) is 15.6. The van der Waals surface area contributed by atoms with E-state index in [0.29, 0.717) is 85.5 Å². The summed E-state index contributed by atoms with van der Waals surface area (Å²) in [6.45, 7) is 9.74. The maximum absolute atomic E-state index is 17.0. The van der Waals surface area contributed by atoms with Gasteiger partial charge in [0.05, 0.1) is 71.2 Å². The van der Waals surface area contributed by atoms with Crippen LogP contribution in [0.4, 0.5) is 14.0 Å². The monoisotopic (exact) mass is 1020 g/mol. The Hall–Kier alpha value is -6.31. The lowest BCUT2D eigenvalue weighted by atomic mass is 9.82. The minimum Gasteiger partial charge on any atom is -0.464 e. The Kier molecular flexibility index (Phi) is 13.1. The van der Waals surface area contributed by atoms with Crippen molar-refractivity contribution in [3.05, 3.63) is 81.7 Å². The minimum atomic E-state index is -0.770. The molecule has 5 aliphatic heterocycles. The summed E-state index contributed by atoms with van der Waals surface area (Å²) < 4.78 is 41.8. The van der Waals surface area contributed by atoms with Gasteiger partial charge in [0.15, 0.2) is 0 Å². The first-order chi connectivity index (χ1) is 35.2. The van der Waals surface area contributed by atoms with Crippen LogP contribution < -0.4 is 20.7 Å². The lowest BCUT2D eigenvalue weighted by molar-refractivity contribution is -0.139. The number of aliphatic imine (C=N–C) groups is 1. The molecule has 19 heteroatoms. The van der Waals surface area contributed by atoms with Gasteiger partial charge in [-0.15, -0.1) is 11.3 Å². The second-order valence-corrected chi connectivity index (χ2v) is 22.5. The number of benzene rings is 2. The first-order valence-electron chi connectivity index (χ1n) is 25.7. The highest BCUT2D eigenvalue weighted by atomic mass is 32.1. The molecular weight excluding hydrogens is 954 g/mol. The Morgan fingerprint density at radius 3 is 2.42 bits per heavy atom. The SMILES string of the molecule is COC(=O)NC(C(=O)N1CCCC1C1N=C(c2cc(F)c3c(c2)OC(c2ccc(C4CC4)s2)n2c-3cc3cc(-c4cnc(C5CCCN5C(=O)C(NC(=O)OC)C5CCOC(C)(C)C5)[nH]4)ccc32)CN1)C(C)C. The number of aromatic amines is 1. The molecule has 0 bridgehead atoms. The molecular formula is C54H64FN9O8S. The zero-order chi connectivity index (χ0) is 50.9. The van der Waals surface area contributed by atoms with Gasteiger partial charge in [-0.25, -0.2) is 19.0 Å². The predicted molar refractivity (Wildman–Crippen MR) is 273 cm³/mol. The summed E-state index contributed by atoms with van der Waals surface area (Å²) in [6.07, 6.45) is 6.16. The fourth-order valence-electron chi connectivity index (χ4n) is 11.8. The molecule has 0 spiro atoms. The van der Waals surface area contributed by atoms with Crippen molar-refractivity contribution in [2.24, 2.45) is 16.8 Å². The van der Waals surface area contributed by atoms with Crippen LogP contribution in [0.1, 0.15) is 118 Å². The van der Waals surface area contributed by atoms with Crippen LogP contribution in [-0.2, 0) is 23.8 Å². The molecule has 4 amide bonds. The third-order valence-corrected chi connectivity index (χ3v) is 16.9. The Labute approximate surface area is 427 Å². The number of methoxy groups -OCH3 is 2. The summed E-state index contributed by atoms with van der Waals surface area (Å²) in [4.78, 5) is 72.5.